The van der Waals surface area contributed by atoms with E-state index in [2.05, 4.69) is 5.32 Å². The highest BCUT2D eigenvalue weighted by molar-refractivity contribution is 6.30. The molecule has 0 unspecified atom stereocenters. The summed E-state index contributed by atoms with van der Waals surface area (Å²) < 4.78 is 11.1. The molecule has 2 atom stereocenters. The van der Waals surface area contributed by atoms with Gasteiger partial charge in [-0.2, -0.15) is 0 Å². The number of ether oxygens (including phenoxy) is 2. The number of hydrogen-bond acceptors (Lipinski definition) is 5. The minimum atomic E-state index is -0.504. The van der Waals surface area contributed by atoms with Crippen LogP contribution in [0.4, 0.5) is 0 Å². The van der Waals surface area contributed by atoms with Crippen LogP contribution in [0.25, 0.3) is 0 Å². The molecule has 0 saturated carbocycles. The maximum atomic E-state index is 13.6. The van der Waals surface area contributed by atoms with Crippen LogP contribution in [-0.2, 0) is 14.3 Å². The molecular weight excluding hydrogens is 438 g/mol. The van der Waals surface area contributed by atoms with Crippen LogP contribution in [0.15, 0.2) is 71.1 Å². The molecule has 0 aromatic heterocycles. The highest BCUT2D eigenvalue weighted by Crippen LogP contribution is 2.47. The minimum absolute atomic E-state index is 0.0114. The lowest BCUT2D eigenvalue weighted by molar-refractivity contribution is -0.143. The lowest BCUT2D eigenvalue weighted by Gasteiger charge is -2.37. The third kappa shape index (κ3) is 4.55. The van der Waals surface area contributed by atoms with Crippen molar-refractivity contribution in [1.29, 1.82) is 0 Å². The van der Waals surface area contributed by atoms with Gasteiger partial charge in [0.2, 0.25) is 0 Å². The molecule has 0 bridgehead atoms. The Balaban J connectivity index is 1.80. The maximum Gasteiger partial charge on any atom is 0.337 e. The first kappa shape index (κ1) is 23.1. The number of methoxy groups -OCH3 is 1. The molecule has 0 saturated heterocycles. The fourth-order valence-corrected chi connectivity index (χ4v) is 4.93. The van der Waals surface area contributed by atoms with Gasteiger partial charge in [0.1, 0.15) is 5.75 Å². The molecular formula is C27H28ClNO4. The predicted octanol–water partition coefficient (Wildman–Crippen LogP) is 5.66. The smallest absolute Gasteiger partial charge is 0.337 e. The zero-order chi connectivity index (χ0) is 23.7. The first-order chi connectivity index (χ1) is 15.8. The summed E-state index contributed by atoms with van der Waals surface area (Å²) >= 11 is 6.12. The second kappa shape index (κ2) is 9.44. The lowest BCUT2D eigenvalue weighted by Crippen LogP contribution is -2.36. The second-order valence-electron chi connectivity index (χ2n) is 8.76. The molecule has 6 heteroatoms. The van der Waals surface area contributed by atoms with Gasteiger partial charge in [0, 0.05) is 40.2 Å². The fourth-order valence-electron chi connectivity index (χ4n) is 4.80. The summed E-state index contributed by atoms with van der Waals surface area (Å²) in [5, 5.41) is 3.97. The second-order valence-corrected chi connectivity index (χ2v) is 9.20. The number of para-hydroxylation sites is 1. The van der Waals surface area contributed by atoms with Gasteiger partial charge in [-0.3, -0.25) is 4.79 Å². The van der Waals surface area contributed by atoms with Gasteiger partial charge >= 0.3 is 5.97 Å². The fraction of sp³-hybridized carbons (Fsp3) is 0.333. The largest absolute Gasteiger partial charge is 0.496 e. The van der Waals surface area contributed by atoms with E-state index in [9.17, 15) is 9.59 Å². The van der Waals surface area contributed by atoms with Gasteiger partial charge in [0.05, 0.1) is 18.8 Å². The number of dihydropyridines is 1. The van der Waals surface area contributed by atoms with Crippen molar-refractivity contribution in [2.45, 2.75) is 51.6 Å². The SMILES string of the molecule is COc1ccccc1[C@H]1CC(=O)C2=C(C1)NC(C)=C(C(=O)OC(C)C)[C@H]2c1ccc(Cl)cc1. The van der Waals surface area contributed by atoms with Crippen LogP contribution in [0.2, 0.25) is 5.02 Å². The van der Waals surface area contributed by atoms with E-state index < -0.39 is 11.9 Å². The summed E-state index contributed by atoms with van der Waals surface area (Å²) in [6.45, 7) is 5.49. The summed E-state index contributed by atoms with van der Waals surface area (Å²) in [7, 11) is 1.64. The van der Waals surface area contributed by atoms with Gasteiger partial charge in [-0.15, -0.1) is 0 Å². The number of allylic oxidation sites excluding steroid dienone is 3. The Morgan fingerprint density at radius 3 is 2.45 bits per heavy atom. The van der Waals surface area contributed by atoms with Crippen molar-refractivity contribution in [2.75, 3.05) is 7.11 Å². The van der Waals surface area contributed by atoms with Crippen LogP contribution in [0.1, 0.15) is 56.6 Å². The minimum Gasteiger partial charge on any atom is -0.496 e. The van der Waals surface area contributed by atoms with Crippen molar-refractivity contribution in [3.63, 3.8) is 0 Å². The number of esters is 1. The Labute approximate surface area is 199 Å². The molecule has 0 radical (unpaired) electrons. The van der Waals surface area contributed by atoms with Gasteiger partial charge < -0.3 is 14.8 Å². The first-order valence-electron chi connectivity index (χ1n) is 11.1. The number of ketones is 1. The summed E-state index contributed by atoms with van der Waals surface area (Å²) in [5.74, 6) is -0.139. The van der Waals surface area contributed by atoms with Crippen LogP contribution in [0.3, 0.4) is 0 Å². The Bertz CT molecular complexity index is 1150. The Kier molecular flexibility index (Phi) is 6.61. The van der Waals surface area contributed by atoms with E-state index in [1.807, 2.05) is 57.2 Å². The van der Waals surface area contributed by atoms with Crippen molar-refractivity contribution in [2.24, 2.45) is 0 Å². The lowest BCUT2D eigenvalue weighted by atomic mass is 9.71. The molecule has 2 aromatic rings. The van der Waals surface area contributed by atoms with Crippen LogP contribution in [-0.4, -0.2) is 25.0 Å². The van der Waals surface area contributed by atoms with Crippen molar-refractivity contribution in [3.8, 4) is 5.75 Å². The zero-order valence-corrected chi connectivity index (χ0v) is 20.0. The molecule has 1 heterocycles. The van der Waals surface area contributed by atoms with Crippen LogP contribution < -0.4 is 10.1 Å². The number of carbonyl (C=O) groups is 2. The van der Waals surface area contributed by atoms with E-state index in [1.54, 1.807) is 19.2 Å². The average Bonchev–Trinajstić information content (AvgIpc) is 2.78. The summed E-state index contributed by atoms with van der Waals surface area (Å²) in [5.41, 5.74) is 4.50. The molecule has 0 amide bonds. The van der Waals surface area contributed by atoms with Gasteiger partial charge in [0.15, 0.2) is 5.78 Å². The Hall–Kier alpha value is -3.05. The standard InChI is InChI=1S/C27H28ClNO4/c1-15(2)33-27(31)24-16(3)29-21-13-18(20-7-5-6-8-23(20)32-4)14-22(30)26(21)25(24)17-9-11-19(28)12-10-17/h5-12,15,18,25,29H,13-14H2,1-4H3/t18-,25-/m1/s1. The van der Waals surface area contributed by atoms with Gasteiger partial charge in [-0.1, -0.05) is 41.9 Å². The molecule has 1 aliphatic carbocycles. The molecule has 172 valence electrons. The maximum absolute atomic E-state index is 13.6. The third-order valence-electron chi connectivity index (χ3n) is 6.17. The van der Waals surface area contributed by atoms with E-state index in [0.717, 1.165) is 22.6 Å². The van der Waals surface area contributed by atoms with Crippen molar-refractivity contribution in [1.82, 2.24) is 5.32 Å². The molecule has 0 fully saturated rings. The highest BCUT2D eigenvalue weighted by atomic mass is 35.5. The van der Waals surface area contributed by atoms with E-state index in [1.165, 1.54) is 0 Å². The number of carbonyl (C=O) groups excluding carboxylic acids is 2. The van der Waals surface area contributed by atoms with Crippen molar-refractivity contribution in [3.05, 3.63) is 87.2 Å². The highest BCUT2D eigenvalue weighted by Gasteiger charge is 2.41. The number of rotatable bonds is 5. The number of hydrogen-bond donors (Lipinski definition) is 1. The third-order valence-corrected chi connectivity index (χ3v) is 6.42. The molecule has 5 nitrogen and oxygen atoms in total. The number of nitrogens with one attached hydrogen (secondary N) is 1. The number of benzene rings is 2. The van der Waals surface area contributed by atoms with Crippen molar-refractivity contribution >= 4 is 23.4 Å². The van der Waals surface area contributed by atoms with E-state index >= 15 is 0 Å². The number of halogens is 1. The van der Waals surface area contributed by atoms with Crippen LogP contribution in [0, 0.1) is 0 Å². The number of Topliss-reactive ketones (excluding diaryl/α,β-unsaturated/α-hetero) is 1. The van der Waals surface area contributed by atoms with E-state index in [4.69, 9.17) is 21.1 Å². The van der Waals surface area contributed by atoms with Crippen LogP contribution in [0.5, 0.6) is 5.75 Å². The molecule has 2 aliphatic rings. The molecule has 33 heavy (non-hydrogen) atoms. The predicted molar refractivity (Wildman–Crippen MR) is 128 cm³/mol. The van der Waals surface area contributed by atoms with E-state index in [-0.39, 0.29) is 17.8 Å². The quantitative estimate of drug-likeness (QED) is 0.577. The average molecular weight is 466 g/mol. The first-order valence-corrected chi connectivity index (χ1v) is 11.5. The Morgan fingerprint density at radius 2 is 1.79 bits per heavy atom. The molecule has 1 aliphatic heterocycles. The summed E-state index contributed by atoms with van der Waals surface area (Å²) in [6.07, 6.45) is 0.724. The molecule has 0 spiro atoms. The monoisotopic (exact) mass is 465 g/mol. The van der Waals surface area contributed by atoms with Gasteiger partial charge in [0.25, 0.3) is 0 Å². The zero-order valence-electron chi connectivity index (χ0n) is 19.3. The Morgan fingerprint density at radius 1 is 1.09 bits per heavy atom. The van der Waals surface area contributed by atoms with Crippen LogP contribution >= 0.6 is 11.6 Å². The molecule has 4 rings (SSSR count). The normalized spacial score (nSPS) is 20.5. The summed E-state index contributed by atoms with van der Waals surface area (Å²) in [4.78, 5) is 26.7. The molecule has 1 N–H and O–H groups in total. The van der Waals surface area contributed by atoms with Crippen molar-refractivity contribution < 1.29 is 19.1 Å². The van der Waals surface area contributed by atoms with Gasteiger partial charge in [-0.05, 0) is 56.5 Å². The van der Waals surface area contributed by atoms with E-state index in [0.29, 0.717) is 34.7 Å². The summed E-state index contributed by atoms with van der Waals surface area (Å²) in [6, 6.07) is 15.1. The topological polar surface area (TPSA) is 64.6 Å². The van der Waals surface area contributed by atoms with Gasteiger partial charge in [-0.25, -0.2) is 4.79 Å². The molecule has 2 aromatic carbocycles.